The van der Waals surface area contributed by atoms with Gasteiger partial charge in [0.15, 0.2) is 12.0 Å². The summed E-state index contributed by atoms with van der Waals surface area (Å²) < 4.78 is 10.3. The van der Waals surface area contributed by atoms with Crippen molar-refractivity contribution < 1.29 is 14.3 Å². The van der Waals surface area contributed by atoms with Gasteiger partial charge in [-0.2, -0.15) is 0 Å². The van der Waals surface area contributed by atoms with E-state index in [9.17, 15) is 4.79 Å². The first-order chi connectivity index (χ1) is 10.1. The van der Waals surface area contributed by atoms with E-state index in [1.165, 1.54) is 0 Å². The quantitative estimate of drug-likeness (QED) is 0.478. The van der Waals surface area contributed by atoms with E-state index in [0.29, 0.717) is 5.02 Å². The molecule has 0 saturated heterocycles. The van der Waals surface area contributed by atoms with Crippen LogP contribution >= 0.6 is 11.6 Å². The molecular formula is C16H16ClNO3. The molecule has 0 aromatic heterocycles. The molecule has 0 aliphatic heterocycles. The number of hydrogen-bond acceptors (Lipinski definition) is 4. The average molecular weight is 306 g/mol. The molecule has 0 heterocycles. The Morgan fingerprint density at radius 3 is 2.38 bits per heavy atom. The van der Waals surface area contributed by atoms with Gasteiger partial charge in [-0.25, -0.2) is 4.79 Å². The molecule has 0 fully saturated rings. The molecule has 0 aliphatic rings. The maximum atomic E-state index is 11.8. The van der Waals surface area contributed by atoms with E-state index in [2.05, 4.69) is 0 Å². The minimum Gasteiger partial charge on any atom is -0.410 e. The molecular weight excluding hydrogens is 290 g/mol. The standard InChI is InChI=1S/C16H16ClNO3/c1-12(18(2)13-8-4-3-5-9-13)20-16(19)21-15-11-7-6-10-14(15)17/h3-12H,1-2H3. The molecule has 0 spiro atoms. The highest BCUT2D eigenvalue weighted by Gasteiger charge is 2.17. The highest BCUT2D eigenvalue weighted by atomic mass is 35.5. The summed E-state index contributed by atoms with van der Waals surface area (Å²) in [6.07, 6.45) is -1.26. The molecule has 2 rings (SSSR count). The summed E-state index contributed by atoms with van der Waals surface area (Å²) in [5.41, 5.74) is 0.940. The summed E-state index contributed by atoms with van der Waals surface area (Å²) in [7, 11) is 1.84. The lowest BCUT2D eigenvalue weighted by Crippen LogP contribution is -2.34. The number of para-hydroxylation sites is 2. The zero-order valence-corrected chi connectivity index (χ0v) is 12.6. The van der Waals surface area contributed by atoms with Crippen molar-refractivity contribution in [3.05, 3.63) is 59.6 Å². The van der Waals surface area contributed by atoms with Crippen molar-refractivity contribution in [1.29, 1.82) is 0 Å². The molecule has 2 aromatic carbocycles. The molecule has 1 unspecified atom stereocenters. The minimum atomic E-state index is -0.793. The lowest BCUT2D eigenvalue weighted by molar-refractivity contribution is 0.0662. The highest BCUT2D eigenvalue weighted by molar-refractivity contribution is 6.32. The van der Waals surface area contributed by atoms with Gasteiger partial charge >= 0.3 is 6.16 Å². The van der Waals surface area contributed by atoms with Gasteiger partial charge in [0.05, 0.1) is 5.02 Å². The number of ether oxygens (including phenoxy) is 2. The van der Waals surface area contributed by atoms with Crippen molar-refractivity contribution >= 4 is 23.4 Å². The summed E-state index contributed by atoms with van der Waals surface area (Å²) >= 11 is 5.92. The second-order valence-electron chi connectivity index (χ2n) is 4.45. The van der Waals surface area contributed by atoms with Crippen LogP contribution in [-0.4, -0.2) is 19.4 Å². The fourth-order valence-electron chi connectivity index (χ4n) is 1.73. The normalized spacial score (nSPS) is 11.6. The Hall–Kier alpha value is -2.20. The summed E-state index contributed by atoms with van der Waals surface area (Å²) in [6, 6.07) is 16.4. The highest BCUT2D eigenvalue weighted by Crippen LogP contribution is 2.24. The molecule has 0 saturated carbocycles. The lowest BCUT2D eigenvalue weighted by Gasteiger charge is -2.26. The number of hydrogen-bond donors (Lipinski definition) is 0. The van der Waals surface area contributed by atoms with Crippen LogP contribution in [0.5, 0.6) is 5.75 Å². The van der Waals surface area contributed by atoms with Gasteiger partial charge in [-0.05, 0) is 31.2 Å². The smallest absolute Gasteiger partial charge is 0.410 e. The van der Waals surface area contributed by atoms with Crippen LogP contribution in [0.2, 0.25) is 5.02 Å². The molecule has 0 amide bonds. The Labute approximate surface area is 128 Å². The van der Waals surface area contributed by atoms with Gasteiger partial charge < -0.3 is 14.4 Å². The minimum absolute atomic E-state index is 0.277. The van der Waals surface area contributed by atoms with Crippen molar-refractivity contribution in [2.75, 3.05) is 11.9 Å². The molecule has 110 valence electrons. The largest absolute Gasteiger partial charge is 0.515 e. The number of benzene rings is 2. The van der Waals surface area contributed by atoms with Crippen LogP contribution in [0.15, 0.2) is 54.6 Å². The zero-order valence-electron chi connectivity index (χ0n) is 11.8. The van der Waals surface area contributed by atoms with Gasteiger partial charge in [0.25, 0.3) is 0 Å². The third kappa shape index (κ3) is 4.13. The number of nitrogens with zero attached hydrogens (tertiary/aromatic N) is 1. The zero-order chi connectivity index (χ0) is 15.2. The Morgan fingerprint density at radius 1 is 1.10 bits per heavy atom. The number of rotatable bonds is 4. The molecule has 4 nitrogen and oxygen atoms in total. The molecule has 5 heteroatoms. The van der Waals surface area contributed by atoms with E-state index >= 15 is 0 Å². The van der Waals surface area contributed by atoms with Crippen molar-refractivity contribution in [3.8, 4) is 5.75 Å². The van der Waals surface area contributed by atoms with Crippen molar-refractivity contribution in [2.24, 2.45) is 0 Å². The maximum absolute atomic E-state index is 11.8. The third-order valence-electron chi connectivity index (χ3n) is 3.01. The topological polar surface area (TPSA) is 38.8 Å². The van der Waals surface area contributed by atoms with Crippen LogP contribution in [0, 0.1) is 0 Å². The Kier molecular flexibility index (Phi) is 5.06. The predicted octanol–water partition coefficient (Wildman–Crippen LogP) is 4.34. The molecule has 2 aromatic rings. The van der Waals surface area contributed by atoms with Gasteiger partial charge in [-0.15, -0.1) is 0 Å². The summed E-state index contributed by atoms with van der Waals surface area (Å²) in [6.45, 7) is 1.76. The fraction of sp³-hybridized carbons (Fsp3) is 0.188. The number of anilines is 1. The van der Waals surface area contributed by atoms with Crippen LogP contribution < -0.4 is 9.64 Å². The Balaban J connectivity index is 1.95. The second-order valence-corrected chi connectivity index (χ2v) is 4.85. The van der Waals surface area contributed by atoms with Crippen molar-refractivity contribution in [1.82, 2.24) is 0 Å². The first-order valence-corrected chi connectivity index (χ1v) is 6.86. The number of carbonyl (C=O) groups excluding carboxylic acids is 1. The van der Waals surface area contributed by atoms with Gasteiger partial charge in [0.2, 0.25) is 0 Å². The van der Waals surface area contributed by atoms with E-state index in [1.54, 1.807) is 31.2 Å². The Bertz CT molecular complexity index is 603. The molecule has 0 N–H and O–H groups in total. The van der Waals surface area contributed by atoms with Crippen LogP contribution in [0.4, 0.5) is 10.5 Å². The Morgan fingerprint density at radius 2 is 1.71 bits per heavy atom. The SMILES string of the molecule is CC(OC(=O)Oc1ccccc1Cl)N(C)c1ccccc1. The second kappa shape index (κ2) is 6.99. The molecule has 0 bridgehead atoms. The predicted molar refractivity (Wildman–Crippen MR) is 82.9 cm³/mol. The molecule has 0 radical (unpaired) electrons. The van der Waals surface area contributed by atoms with E-state index in [4.69, 9.17) is 21.1 Å². The van der Waals surface area contributed by atoms with Crippen molar-refractivity contribution in [3.63, 3.8) is 0 Å². The first-order valence-electron chi connectivity index (χ1n) is 6.49. The van der Waals surface area contributed by atoms with Crippen LogP contribution in [0.1, 0.15) is 6.92 Å². The van der Waals surface area contributed by atoms with Gasteiger partial charge in [-0.3, -0.25) is 0 Å². The monoisotopic (exact) mass is 305 g/mol. The lowest BCUT2D eigenvalue weighted by atomic mass is 10.3. The van der Waals surface area contributed by atoms with E-state index < -0.39 is 12.4 Å². The summed E-state index contributed by atoms with van der Waals surface area (Å²) in [4.78, 5) is 13.6. The number of halogens is 1. The van der Waals surface area contributed by atoms with Crippen LogP contribution in [0.3, 0.4) is 0 Å². The van der Waals surface area contributed by atoms with Crippen LogP contribution in [0.25, 0.3) is 0 Å². The van der Waals surface area contributed by atoms with Crippen LogP contribution in [-0.2, 0) is 4.74 Å². The maximum Gasteiger partial charge on any atom is 0.515 e. The third-order valence-corrected chi connectivity index (χ3v) is 3.32. The van der Waals surface area contributed by atoms with Crippen molar-refractivity contribution in [2.45, 2.75) is 13.2 Å². The summed E-state index contributed by atoms with van der Waals surface area (Å²) in [5.74, 6) is 0.277. The first kappa shape index (κ1) is 15.2. The molecule has 1 atom stereocenters. The van der Waals surface area contributed by atoms with E-state index in [-0.39, 0.29) is 5.75 Å². The van der Waals surface area contributed by atoms with Gasteiger partial charge in [0, 0.05) is 12.7 Å². The van der Waals surface area contributed by atoms with E-state index in [0.717, 1.165) is 5.69 Å². The average Bonchev–Trinajstić information content (AvgIpc) is 2.49. The van der Waals surface area contributed by atoms with Gasteiger partial charge in [-0.1, -0.05) is 41.9 Å². The summed E-state index contributed by atoms with van der Waals surface area (Å²) in [5, 5.41) is 0.360. The van der Waals surface area contributed by atoms with Gasteiger partial charge in [0.1, 0.15) is 0 Å². The molecule has 0 aliphatic carbocycles. The van der Waals surface area contributed by atoms with E-state index in [1.807, 2.05) is 42.3 Å². The fourth-order valence-corrected chi connectivity index (χ4v) is 1.91. The number of carbonyl (C=O) groups is 1. The molecule has 21 heavy (non-hydrogen) atoms.